The van der Waals surface area contributed by atoms with Crippen molar-refractivity contribution in [1.82, 2.24) is 10.2 Å². The monoisotopic (exact) mass is 381 g/mol. The highest BCUT2D eigenvalue weighted by Crippen LogP contribution is 2.35. The van der Waals surface area contributed by atoms with Crippen LogP contribution in [0.1, 0.15) is 43.2 Å². The van der Waals surface area contributed by atoms with E-state index in [4.69, 9.17) is 0 Å². The fourth-order valence-electron chi connectivity index (χ4n) is 4.71. The molecule has 2 amide bonds. The van der Waals surface area contributed by atoms with Crippen molar-refractivity contribution in [3.05, 3.63) is 65.5 Å². The molecule has 0 aromatic heterocycles. The second-order valence-electron chi connectivity index (χ2n) is 8.12. The Morgan fingerprint density at radius 1 is 1.07 bits per heavy atom. The first-order valence-electron chi connectivity index (χ1n) is 10.2. The number of aryl methyl sites for hydroxylation is 1. The molecule has 4 rings (SSSR count). The fourth-order valence-corrected chi connectivity index (χ4v) is 4.71. The van der Waals surface area contributed by atoms with Crippen LogP contribution >= 0.6 is 0 Å². The average molecular weight is 381 g/mol. The number of piperidine rings is 2. The molecule has 28 heavy (non-hydrogen) atoms. The Labute approximate surface area is 166 Å². The zero-order valence-corrected chi connectivity index (χ0v) is 16.3. The summed E-state index contributed by atoms with van der Waals surface area (Å²) in [4.78, 5) is 15.0. The smallest absolute Gasteiger partial charge is 0.319 e. The lowest BCUT2D eigenvalue weighted by atomic mass is 9.81. The third kappa shape index (κ3) is 4.36. The Hall–Kier alpha value is -2.40. The molecule has 5 heteroatoms. The molecular weight excluding hydrogens is 353 g/mol. The van der Waals surface area contributed by atoms with Gasteiger partial charge in [0.25, 0.3) is 0 Å². The number of benzene rings is 2. The van der Waals surface area contributed by atoms with Crippen LogP contribution in [0.15, 0.2) is 48.5 Å². The van der Waals surface area contributed by atoms with Gasteiger partial charge in [0.15, 0.2) is 0 Å². The maximum atomic E-state index is 13.2. The number of hydrogen-bond donors (Lipinski definition) is 2. The van der Waals surface area contributed by atoms with Crippen LogP contribution in [0.3, 0.4) is 0 Å². The van der Waals surface area contributed by atoms with Crippen LogP contribution in [0.25, 0.3) is 0 Å². The third-order valence-electron chi connectivity index (χ3n) is 6.13. The maximum Gasteiger partial charge on any atom is 0.319 e. The number of nitrogens with zero attached hydrogens (tertiary/aromatic N) is 1. The van der Waals surface area contributed by atoms with Crippen molar-refractivity contribution >= 4 is 11.7 Å². The molecule has 0 saturated carbocycles. The van der Waals surface area contributed by atoms with E-state index in [0.29, 0.717) is 12.1 Å². The summed E-state index contributed by atoms with van der Waals surface area (Å²) < 4.78 is 13.2. The third-order valence-corrected chi connectivity index (χ3v) is 6.13. The standard InChI is InChI=1S/C23H28FN3O/c1-16-5-2-3-8-22(16)26-23(28)25-19-13-20-6-4-7-21(14-19)27(20)15-17-9-11-18(24)12-10-17/h2-3,5,8-12,19-21H,4,6-7,13-15H2,1H3,(H2,25,26,28). The Morgan fingerprint density at radius 3 is 2.43 bits per heavy atom. The van der Waals surface area contributed by atoms with Crippen LogP contribution in [0.5, 0.6) is 0 Å². The Balaban J connectivity index is 1.37. The molecule has 2 fully saturated rings. The van der Waals surface area contributed by atoms with Gasteiger partial charge >= 0.3 is 6.03 Å². The molecule has 2 N–H and O–H groups in total. The molecule has 148 valence electrons. The number of carbonyl (C=O) groups is 1. The molecule has 2 aliphatic rings. The highest BCUT2D eigenvalue weighted by atomic mass is 19.1. The number of rotatable bonds is 4. The summed E-state index contributed by atoms with van der Waals surface area (Å²) in [6.45, 7) is 2.85. The molecule has 0 aliphatic carbocycles. The molecule has 2 unspecified atom stereocenters. The number of para-hydroxylation sites is 1. The van der Waals surface area contributed by atoms with Gasteiger partial charge in [0.2, 0.25) is 0 Å². The lowest BCUT2D eigenvalue weighted by molar-refractivity contribution is 0.0200. The number of halogens is 1. The number of carbonyl (C=O) groups excluding carboxylic acids is 1. The van der Waals surface area contributed by atoms with Crippen LogP contribution in [-0.4, -0.2) is 29.1 Å². The summed E-state index contributed by atoms with van der Waals surface area (Å²) in [6.07, 6.45) is 5.51. The maximum absolute atomic E-state index is 13.2. The number of hydrogen-bond acceptors (Lipinski definition) is 2. The number of amides is 2. The molecule has 2 bridgehead atoms. The Bertz CT molecular complexity index is 809. The van der Waals surface area contributed by atoms with Crippen LogP contribution < -0.4 is 10.6 Å². The lowest BCUT2D eigenvalue weighted by Crippen LogP contribution is -2.56. The number of anilines is 1. The predicted molar refractivity (Wildman–Crippen MR) is 110 cm³/mol. The second kappa shape index (κ2) is 8.31. The van der Waals surface area contributed by atoms with Gasteiger partial charge in [0, 0.05) is 30.4 Å². The lowest BCUT2D eigenvalue weighted by Gasteiger charge is -2.49. The quantitative estimate of drug-likeness (QED) is 0.796. The van der Waals surface area contributed by atoms with E-state index < -0.39 is 0 Å². The Morgan fingerprint density at radius 2 is 1.75 bits per heavy atom. The van der Waals surface area contributed by atoms with Crippen LogP contribution in [0.2, 0.25) is 0 Å². The number of fused-ring (bicyclic) bond motifs is 2. The highest BCUT2D eigenvalue weighted by molar-refractivity contribution is 5.90. The summed E-state index contributed by atoms with van der Waals surface area (Å²) in [6, 6.07) is 15.7. The molecule has 2 aliphatic heterocycles. The van der Waals surface area contributed by atoms with Gasteiger partial charge in [-0.25, -0.2) is 9.18 Å². The van der Waals surface area contributed by atoms with Gasteiger partial charge in [-0.2, -0.15) is 0 Å². The molecule has 2 saturated heterocycles. The van der Waals surface area contributed by atoms with Gasteiger partial charge in [-0.05, 0) is 61.9 Å². The van der Waals surface area contributed by atoms with Crippen molar-refractivity contribution in [2.45, 2.75) is 63.7 Å². The van der Waals surface area contributed by atoms with Crippen molar-refractivity contribution in [3.8, 4) is 0 Å². The van der Waals surface area contributed by atoms with Crippen LogP contribution in [-0.2, 0) is 6.54 Å². The zero-order valence-electron chi connectivity index (χ0n) is 16.3. The minimum Gasteiger partial charge on any atom is -0.335 e. The molecular formula is C23H28FN3O. The van der Waals surface area contributed by atoms with Crippen LogP contribution in [0.4, 0.5) is 14.9 Å². The van der Waals surface area contributed by atoms with E-state index in [0.717, 1.165) is 49.0 Å². The number of urea groups is 1. The van der Waals surface area contributed by atoms with E-state index in [1.54, 1.807) is 0 Å². The van der Waals surface area contributed by atoms with Gasteiger partial charge < -0.3 is 10.6 Å². The van der Waals surface area contributed by atoms with E-state index in [9.17, 15) is 9.18 Å². The molecule has 0 spiro atoms. The first-order valence-corrected chi connectivity index (χ1v) is 10.2. The predicted octanol–water partition coefficient (Wildman–Crippen LogP) is 4.84. The zero-order chi connectivity index (χ0) is 19.5. The topological polar surface area (TPSA) is 44.4 Å². The summed E-state index contributed by atoms with van der Waals surface area (Å²) in [7, 11) is 0. The molecule has 0 radical (unpaired) electrons. The van der Waals surface area contributed by atoms with E-state index in [1.165, 1.54) is 18.6 Å². The first-order chi connectivity index (χ1) is 13.6. The summed E-state index contributed by atoms with van der Waals surface area (Å²) in [5.41, 5.74) is 3.07. The fraction of sp³-hybridized carbons (Fsp3) is 0.435. The number of nitrogens with one attached hydrogen (secondary N) is 2. The normalized spacial score (nSPS) is 24.6. The van der Waals surface area contributed by atoms with Gasteiger partial charge in [0.1, 0.15) is 5.82 Å². The van der Waals surface area contributed by atoms with Crippen molar-refractivity contribution in [1.29, 1.82) is 0 Å². The first kappa shape index (κ1) is 18.9. The summed E-state index contributed by atoms with van der Waals surface area (Å²) >= 11 is 0. The van der Waals surface area contributed by atoms with E-state index in [2.05, 4.69) is 15.5 Å². The summed E-state index contributed by atoms with van der Waals surface area (Å²) in [5.74, 6) is -0.188. The average Bonchev–Trinajstić information content (AvgIpc) is 2.66. The largest absolute Gasteiger partial charge is 0.335 e. The Kier molecular flexibility index (Phi) is 5.62. The van der Waals surface area contributed by atoms with Crippen LogP contribution in [0, 0.1) is 12.7 Å². The second-order valence-corrected chi connectivity index (χ2v) is 8.12. The molecule has 2 aromatic carbocycles. The van der Waals surface area contributed by atoms with Crippen molar-refractivity contribution < 1.29 is 9.18 Å². The van der Waals surface area contributed by atoms with Crippen molar-refractivity contribution in [2.24, 2.45) is 0 Å². The summed E-state index contributed by atoms with van der Waals surface area (Å²) in [5, 5.41) is 6.17. The van der Waals surface area contributed by atoms with E-state index >= 15 is 0 Å². The van der Waals surface area contributed by atoms with Crippen molar-refractivity contribution in [3.63, 3.8) is 0 Å². The van der Waals surface area contributed by atoms with Gasteiger partial charge in [0.05, 0.1) is 0 Å². The minimum atomic E-state index is -0.188. The molecule has 2 atom stereocenters. The van der Waals surface area contributed by atoms with Gasteiger partial charge in [-0.1, -0.05) is 36.8 Å². The minimum absolute atomic E-state index is 0.121. The van der Waals surface area contributed by atoms with Crippen molar-refractivity contribution in [2.75, 3.05) is 5.32 Å². The molecule has 2 aromatic rings. The van der Waals surface area contributed by atoms with Gasteiger partial charge in [-0.3, -0.25) is 4.90 Å². The molecule has 2 heterocycles. The molecule has 4 nitrogen and oxygen atoms in total. The highest BCUT2D eigenvalue weighted by Gasteiger charge is 2.38. The SMILES string of the molecule is Cc1ccccc1NC(=O)NC1CC2CCCC(C1)N2Cc1ccc(F)cc1. The van der Waals surface area contributed by atoms with E-state index in [-0.39, 0.29) is 17.9 Å². The van der Waals surface area contributed by atoms with Gasteiger partial charge in [-0.15, -0.1) is 0 Å². The van der Waals surface area contributed by atoms with E-state index in [1.807, 2.05) is 43.3 Å².